The van der Waals surface area contributed by atoms with Gasteiger partial charge in [0.05, 0.1) is 0 Å². The molecule has 0 aromatic heterocycles. The average Bonchev–Trinajstić information content (AvgIpc) is 2.29. The maximum atomic E-state index is 3.66. The van der Waals surface area contributed by atoms with Gasteiger partial charge in [-0.25, -0.2) is 0 Å². The molecule has 2 nitrogen and oxygen atoms in total. The summed E-state index contributed by atoms with van der Waals surface area (Å²) in [6.07, 6.45) is 2.28. The van der Waals surface area contributed by atoms with Gasteiger partial charge in [-0.15, -0.1) is 0 Å². The Balaban J connectivity index is 2.32. The molecule has 102 valence electrons. The molecule has 0 amide bonds. The highest BCUT2D eigenvalue weighted by Crippen LogP contribution is 2.12. The molecule has 1 rings (SSSR count). The van der Waals surface area contributed by atoms with Gasteiger partial charge in [0.1, 0.15) is 0 Å². The van der Waals surface area contributed by atoms with Gasteiger partial charge < -0.3 is 10.2 Å². The van der Waals surface area contributed by atoms with Crippen molar-refractivity contribution in [3.63, 3.8) is 0 Å². The smallest absolute Gasteiger partial charge is 0.0175 e. The highest BCUT2D eigenvalue weighted by Gasteiger charge is 2.08. The molecule has 3 heteroatoms. The SMILES string of the molecule is CC(CCN(C)C)NC(C)Cc1ccc(Br)cc1. The second-order valence-corrected chi connectivity index (χ2v) is 6.31. The van der Waals surface area contributed by atoms with Crippen LogP contribution in [-0.4, -0.2) is 37.6 Å². The van der Waals surface area contributed by atoms with Crippen LogP contribution in [-0.2, 0) is 6.42 Å². The van der Waals surface area contributed by atoms with E-state index in [1.807, 2.05) is 0 Å². The summed E-state index contributed by atoms with van der Waals surface area (Å²) < 4.78 is 1.14. The van der Waals surface area contributed by atoms with Gasteiger partial charge in [-0.2, -0.15) is 0 Å². The summed E-state index contributed by atoms with van der Waals surface area (Å²) in [5.41, 5.74) is 1.39. The van der Waals surface area contributed by atoms with E-state index < -0.39 is 0 Å². The summed E-state index contributed by atoms with van der Waals surface area (Å²) in [4.78, 5) is 2.23. The Hall–Kier alpha value is -0.380. The van der Waals surface area contributed by atoms with E-state index in [9.17, 15) is 0 Å². The standard InChI is InChI=1S/C15H25BrN2/c1-12(9-10-18(3)4)17-13(2)11-14-5-7-15(16)8-6-14/h5-8,12-13,17H,9-11H2,1-4H3. The van der Waals surface area contributed by atoms with E-state index in [-0.39, 0.29) is 0 Å². The molecule has 0 heterocycles. The second kappa shape index (κ2) is 7.93. The van der Waals surface area contributed by atoms with Gasteiger partial charge in [-0.1, -0.05) is 28.1 Å². The van der Waals surface area contributed by atoms with Gasteiger partial charge in [0.25, 0.3) is 0 Å². The Morgan fingerprint density at radius 3 is 2.28 bits per heavy atom. The van der Waals surface area contributed by atoms with Crippen LogP contribution in [0.25, 0.3) is 0 Å². The Morgan fingerprint density at radius 2 is 1.72 bits per heavy atom. The minimum absolute atomic E-state index is 0.517. The van der Waals surface area contributed by atoms with Gasteiger partial charge in [0.2, 0.25) is 0 Å². The average molecular weight is 313 g/mol. The molecule has 1 aromatic rings. The molecule has 0 saturated heterocycles. The zero-order valence-corrected chi connectivity index (χ0v) is 13.5. The lowest BCUT2D eigenvalue weighted by Crippen LogP contribution is -2.37. The fraction of sp³-hybridized carbons (Fsp3) is 0.600. The molecule has 2 atom stereocenters. The van der Waals surface area contributed by atoms with Crippen LogP contribution in [0.3, 0.4) is 0 Å². The third-order valence-corrected chi connectivity index (χ3v) is 3.56. The highest BCUT2D eigenvalue weighted by molar-refractivity contribution is 9.10. The van der Waals surface area contributed by atoms with E-state index >= 15 is 0 Å². The minimum atomic E-state index is 0.517. The van der Waals surface area contributed by atoms with E-state index in [0.717, 1.165) is 17.4 Å². The Bertz CT molecular complexity index is 335. The first-order chi connectivity index (χ1) is 8.47. The summed E-state index contributed by atoms with van der Waals surface area (Å²) in [6, 6.07) is 9.68. The Kier molecular flexibility index (Phi) is 6.90. The van der Waals surface area contributed by atoms with E-state index in [1.165, 1.54) is 12.0 Å². The third-order valence-electron chi connectivity index (χ3n) is 3.03. The van der Waals surface area contributed by atoms with Crippen molar-refractivity contribution in [3.05, 3.63) is 34.3 Å². The van der Waals surface area contributed by atoms with E-state index in [1.54, 1.807) is 0 Å². The Labute approximate surface area is 120 Å². The van der Waals surface area contributed by atoms with Crippen molar-refractivity contribution in [1.82, 2.24) is 10.2 Å². The van der Waals surface area contributed by atoms with Crippen LogP contribution in [0.1, 0.15) is 25.8 Å². The summed E-state index contributed by atoms with van der Waals surface area (Å²) in [6.45, 7) is 5.66. The number of hydrogen-bond acceptors (Lipinski definition) is 2. The number of halogens is 1. The lowest BCUT2D eigenvalue weighted by atomic mass is 10.1. The normalized spacial score (nSPS) is 14.8. The number of benzene rings is 1. The van der Waals surface area contributed by atoms with Crippen LogP contribution in [0.5, 0.6) is 0 Å². The van der Waals surface area contributed by atoms with Crippen LogP contribution in [0.15, 0.2) is 28.7 Å². The summed E-state index contributed by atoms with van der Waals surface area (Å²) in [5.74, 6) is 0. The van der Waals surface area contributed by atoms with Gasteiger partial charge in [-0.05, 0) is 65.0 Å². The highest BCUT2D eigenvalue weighted by atomic mass is 79.9. The predicted octanol–water partition coefficient (Wildman–Crippen LogP) is 3.31. The van der Waals surface area contributed by atoms with Crippen molar-refractivity contribution in [3.8, 4) is 0 Å². The molecular weight excluding hydrogens is 288 g/mol. The fourth-order valence-corrected chi connectivity index (χ4v) is 2.32. The lowest BCUT2D eigenvalue weighted by molar-refractivity contribution is 0.352. The van der Waals surface area contributed by atoms with Gasteiger partial charge >= 0.3 is 0 Å². The first-order valence-electron chi connectivity index (χ1n) is 6.62. The maximum Gasteiger partial charge on any atom is 0.0175 e. The molecule has 18 heavy (non-hydrogen) atoms. The number of hydrogen-bond donors (Lipinski definition) is 1. The molecule has 1 N–H and O–H groups in total. The number of nitrogens with one attached hydrogen (secondary N) is 1. The molecule has 0 radical (unpaired) electrons. The van der Waals surface area contributed by atoms with Gasteiger partial charge in [0, 0.05) is 16.6 Å². The quantitative estimate of drug-likeness (QED) is 0.831. The minimum Gasteiger partial charge on any atom is -0.311 e. The summed E-state index contributed by atoms with van der Waals surface area (Å²) in [5, 5.41) is 3.66. The Morgan fingerprint density at radius 1 is 1.11 bits per heavy atom. The maximum absolute atomic E-state index is 3.66. The molecule has 1 aromatic carbocycles. The van der Waals surface area contributed by atoms with E-state index in [2.05, 4.69) is 78.4 Å². The van der Waals surface area contributed by atoms with E-state index in [0.29, 0.717) is 12.1 Å². The molecule has 0 bridgehead atoms. The predicted molar refractivity (Wildman–Crippen MR) is 83.1 cm³/mol. The molecule has 0 saturated carbocycles. The molecule has 2 unspecified atom stereocenters. The lowest BCUT2D eigenvalue weighted by Gasteiger charge is -2.21. The number of rotatable bonds is 7. The molecular formula is C15H25BrN2. The summed E-state index contributed by atoms with van der Waals surface area (Å²) >= 11 is 3.47. The summed E-state index contributed by atoms with van der Waals surface area (Å²) in [7, 11) is 4.25. The van der Waals surface area contributed by atoms with E-state index in [4.69, 9.17) is 0 Å². The van der Waals surface area contributed by atoms with Crippen molar-refractivity contribution >= 4 is 15.9 Å². The monoisotopic (exact) mass is 312 g/mol. The zero-order valence-electron chi connectivity index (χ0n) is 11.9. The topological polar surface area (TPSA) is 15.3 Å². The molecule has 0 spiro atoms. The van der Waals surface area contributed by atoms with Gasteiger partial charge in [0.15, 0.2) is 0 Å². The van der Waals surface area contributed by atoms with Gasteiger partial charge in [-0.3, -0.25) is 0 Å². The fourth-order valence-electron chi connectivity index (χ4n) is 2.05. The van der Waals surface area contributed by atoms with Crippen LogP contribution in [0.2, 0.25) is 0 Å². The van der Waals surface area contributed by atoms with Crippen LogP contribution in [0.4, 0.5) is 0 Å². The molecule has 0 aliphatic rings. The van der Waals surface area contributed by atoms with Crippen LogP contribution in [0, 0.1) is 0 Å². The van der Waals surface area contributed by atoms with Crippen molar-refractivity contribution in [1.29, 1.82) is 0 Å². The zero-order chi connectivity index (χ0) is 13.5. The first-order valence-corrected chi connectivity index (χ1v) is 7.42. The first kappa shape index (κ1) is 15.7. The number of nitrogens with zero attached hydrogens (tertiary/aromatic N) is 1. The van der Waals surface area contributed by atoms with Crippen LogP contribution < -0.4 is 5.32 Å². The van der Waals surface area contributed by atoms with Crippen molar-refractivity contribution in [2.75, 3.05) is 20.6 Å². The second-order valence-electron chi connectivity index (χ2n) is 5.39. The molecule has 0 fully saturated rings. The largest absolute Gasteiger partial charge is 0.311 e. The van der Waals surface area contributed by atoms with Crippen molar-refractivity contribution < 1.29 is 0 Å². The molecule has 0 aliphatic carbocycles. The van der Waals surface area contributed by atoms with Crippen molar-refractivity contribution in [2.24, 2.45) is 0 Å². The molecule has 0 aliphatic heterocycles. The van der Waals surface area contributed by atoms with Crippen molar-refractivity contribution in [2.45, 2.75) is 38.8 Å². The van der Waals surface area contributed by atoms with Crippen LogP contribution >= 0.6 is 15.9 Å². The third kappa shape index (κ3) is 6.53.